The van der Waals surface area contributed by atoms with Crippen LogP contribution in [0.25, 0.3) is 0 Å². The van der Waals surface area contributed by atoms with Gasteiger partial charge in [-0.25, -0.2) is 9.97 Å². The molecule has 0 atom stereocenters. The van der Waals surface area contributed by atoms with Gasteiger partial charge in [0, 0.05) is 8.04 Å². The van der Waals surface area contributed by atoms with Crippen LogP contribution < -0.4 is 11.1 Å². The van der Waals surface area contributed by atoms with Gasteiger partial charge in [-0.1, -0.05) is 12.2 Å². The van der Waals surface area contributed by atoms with Gasteiger partial charge < -0.3 is 11.1 Å². The summed E-state index contributed by atoms with van der Waals surface area (Å²) in [6.45, 7) is 0. The molecule has 0 aliphatic carbocycles. The summed E-state index contributed by atoms with van der Waals surface area (Å²) in [5.74, 6) is 0.636. The Balaban J connectivity index is 2.21. The molecule has 0 aliphatic heterocycles. The van der Waals surface area contributed by atoms with Crippen LogP contribution in [0.15, 0.2) is 35.1 Å². The minimum atomic E-state index is 0.240. The van der Waals surface area contributed by atoms with Crippen LogP contribution in [0.1, 0.15) is 5.69 Å². The van der Waals surface area contributed by atoms with E-state index < -0.39 is 0 Å². The minimum absolute atomic E-state index is 0.240. The molecule has 0 radical (unpaired) electrons. The molecule has 0 saturated carbocycles. The Hall–Kier alpha value is -0.800. The first-order chi connectivity index (χ1) is 8.56. The molecule has 92 valence electrons. The molecule has 0 spiro atoms. The van der Waals surface area contributed by atoms with Gasteiger partial charge in [-0.2, -0.15) is 0 Å². The summed E-state index contributed by atoms with van der Waals surface area (Å²) < 4.78 is 2.12. The number of nitrogens with zero attached hydrogens (tertiary/aromatic N) is 2. The summed E-state index contributed by atoms with van der Waals surface area (Å²) in [5, 5.41) is 3.16. The predicted octanol–water partition coefficient (Wildman–Crippen LogP) is 3.22. The van der Waals surface area contributed by atoms with E-state index in [2.05, 4.69) is 53.8 Å². The fraction of sp³-hybridized carbons (Fsp3) is 0. The van der Waals surface area contributed by atoms with Gasteiger partial charge in [0.1, 0.15) is 16.5 Å². The highest BCUT2D eigenvalue weighted by Gasteiger charge is 2.03. The van der Waals surface area contributed by atoms with E-state index >= 15 is 0 Å². The van der Waals surface area contributed by atoms with E-state index in [-0.39, 0.29) is 4.99 Å². The Morgan fingerprint density at radius 3 is 2.67 bits per heavy atom. The van der Waals surface area contributed by atoms with Crippen molar-refractivity contribution in [2.45, 2.75) is 0 Å². The number of aromatic nitrogens is 2. The second kappa shape index (κ2) is 5.89. The van der Waals surface area contributed by atoms with E-state index in [1.165, 1.54) is 0 Å². The molecule has 0 bridgehead atoms. The molecular weight excluding hydrogens is 427 g/mol. The molecule has 0 fully saturated rings. The molecular formula is C11H8BrIN4S. The van der Waals surface area contributed by atoms with Crippen molar-refractivity contribution in [2.24, 2.45) is 5.73 Å². The average Bonchev–Trinajstić information content (AvgIpc) is 2.33. The number of hydrogen-bond acceptors (Lipinski definition) is 4. The number of rotatable bonds is 3. The second-order valence-electron chi connectivity index (χ2n) is 3.40. The summed E-state index contributed by atoms with van der Waals surface area (Å²) in [6, 6.07) is 5.99. The van der Waals surface area contributed by atoms with Gasteiger partial charge in [-0.05, 0) is 56.7 Å². The molecule has 0 unspecified atom stereocenters. The number of nitrogens with one attached hydrogen (secondary N) is 1. The Labute approximate surface area is 132 Å². The summed E-state index contributed by atoms with van der Waals surface area (Å²) in [4.78, 5) is 8.55. The molecule has 7 heteroatoms. The van der Waals surface area contributed by atoms with Crippen LogP contribution in [-0.4, -0.2) is 15.0 Å². The number of anilines is 2. The monoisotopic (exact) mass is 434 g/mol. The number of thiocarbonyl (C=S) groups is 1. The number of hydrogen-bond donors (Lipinski definition) is 2. The molecule has 2 aromatic rings. The van der Waals surface area contributed by atoms with Gasteiger partial charge in [0.05, 0.1) is 18.1 Å². The quantitative estimate of drug-likeness (QED) is 0.573. The molecule has 2 rings (SSSR count). The lowest BCUT2D eigenvalue weighted by Gasteiger charge is -2.08. The number of nitrogens with two attached hydrogens (primary N) is 1. The maximum atomic E-state index is 5.46. The van der Waals surface area contributed by atoms with E-state index in [9.17, 15) is 0 Å². The third kappa shape index (κ3) is 3.36. The Kier molecular flexibility index (Phi) is 4.46. The predicted molar refractivity (Wildman–Crippen MR) is 88.1 cm³/mol. The summed E-state index contributed by atoms with van der Waals surface area (Å²) in [5.41, 5.74) is 6.89. The first kappa shape index (κ1) is 13.6. The zero-order chi connectivity index (χ0) is 13.1. The fourth-order valence-corrected chi connectivity index (χ4v) is 2.75. The van der Waals surface area contributed by atoms with Crippen molar-refractivity contribution in [2.75, 3.05) is 5.32 Å². The Bertz CT molecular complexity index is 588. The van der Waals surface area contributed by atoms with Crippen molar-refractivity contribution in [3.05, 3.63) is 44.3 Å². The van der Waals surface area contributed by atoms with Crippen LogP contribution >= 0.6 is 50.7 Å². The third-order valence-corrected chi connectivity index (χ3v) is 3.63. The molecule has 0 saturated heterocycles. The van der Waals surface area contributed by atoms with Gasteiger partial charge in [0.2, 0.25) is 0 Å². The highest BCUT2D eigenvalue weighted by atomic mass is 127. The number of halogens is 2. The molecule has 0 aliphatic rings. The summed E-state index contributed by atoms with van der Waals surface area (Å²) in [6.07, 6.45) is 3.14. The van der Waals surface area contributed by atoms with E-state index in [0.29, 0.717) is 11.5 Å². The van der Waals surface area contributed by atoms with Gasteiger partial charge in [0.25, 0.3) is 0 Å². The SMILES string of the molecule is NC(=S)c1cnc(Nc2ccc(I)cc2Br)cn1. The first-order valence-electron chi connectivity index (χ1n) is 4.90. The molecule has 3 N–H and O–H groups in total. The highest BCUT2D eigenvalue weighted by Crippen LogP contribution is 2.26. The molecule has 18 heavy (non-hydrogen) atoms. The molecule has 1 aromatic heterocycles. The topological polar surface area (TPSA) is 63.8 Å². The van der Waals surface area contributed by atoms with Crippen LogP contribution in [-0.2, 0) is 0 Å². The smallest absolute Gasteiger partial charge is 0.148 e. The van der Waals surface area contributed by atoms with E-state index in [1.807, 2.05) is 18.2 Å². The second-order valence-corrected chi connectivity index (χ2v) is 5.94. The maximum absolute atomic E-state index is 5.46. The van der Waals surface area contributed by atoms with Crippen molar-refractivity contribution in [3.63, 3.8) is 0 Å². The van der Waals surface area contributed by atoms with E-state index in [0.717, 1.165) is 13.7 Å². The molecule has 1 aromatic carbocycles. The van der Waals surface area contributed by atoms with Crippen molar-refractivity contribution >= 4 is 67.2 Å². The van der Waals surface area contributed by atoms with E-state index in [1.54, 1.807) is 12.4 Å². The zero-order valence-electron chi connectivity index (χ0n) is 9.02. The Morgan fingerprint density at radius 2 is 2.11 bits per heavy atom. The van der Waals surface area contributed by atoms with Gasteiger partial charge in [-0.3, -0.25) is 0 Å². The van der Waals surface area contributed by atoms with Crippen LogP contribution in [0.5, 0.6) is 0 Å². The maximum Gasteiger partial charge on any atom is 0.148 e. The molecule has 0 amide bonds. The first-order valence-corrected chi connectivity index (χ1v) is 7.18. The van der Waals surface area contributed by atoms with Gasteiger partial charge in [0.15, 0.2) is 0 Å². The van der Waals surface area contributed by atoms with E-state index in [4.69, 9.17) is 18.0 Å². The lowest BCUT2D eigenvalue weighted by molar-refractivity contribution is 1.18. The van der Waals surface area contributed by atoms with Crippen molar-refractivity contribution in [3.8, 4) is 0 Å². The van der Waals surface area contributed by atoms with Crippen molar-refractivity contribution in [1.29, 1.82) is 0 Å². The Morgan fingerprint density at radius 1 is 1.33 bits per heavy atom. The minimum Gasteiger partial charge on any atom is -0.388 e. The lowest BCUT2D eigenvalue weighted by Crippen LogP contribution is -2.12. The number of benzene rings is 1. The molecule has 1 heterocycles. The van der Waals surface area contributed by atoms with Crippen LogP contribution in [0.3, 0.4) is 0 Å². The van der Waals surface area contributed by atoms with Crippen molar-refractivity contribution in [1.82, 2.24) is 9.97 Å². The van der Waals surface area contributed by atoms with Gasteiger partial charge in [-0.15, -0.1) is 0 Å². The van der Waals surface area contributed by atoms with Crippen LogP contribution in [0.4, 0.5) is 11.5 Å². The largest absolute Gasteiger partial charge is 0.388 e. The normalized spacial score (nSPS) is 10.1. The average molecular weight is 435 g/mol. The lowest BCUT2D eigenvalue weighted by atomic mass is 10.3. The van der Waals surface area contributed by atoms with Crippen molar-refractivity contribution < 1.29 is 0 Å². The molecule has 4 nitrogen and oxygen atoms in total. The fourth-order valence-electron chi connectivity index (χ4n) is 1.25. The highest BCUT2D eigenvalue weighted by molar-refractivity contribution is 14.1. The van der Waals surface area contributed by atoms with Crippen LogP contribution in [0.2, 0.25) is 0 Å². The third-order valence-electron chi connectivity index (χ3n) is 2.10. The van der Waals surface area contributed by atoms with Crippen LogP contribution in [0, 0.1) is 3.57 Å². The summed E-state index contributed by atoms with van der Waals surface area (Å²) in [7, 11) is 0. The van der Waals surface area contributed by atoms with Gasteiger partial charge >= 0.3 is 0 Å². The zero-order valence-corrected chi connectivity index (χ0v) is 13.6. The standard InChI is InChI=1S/C11H8BrIN4S/c12-7-3-6(13)1-2-8(7)17-10-5-15-9(4-16-10)11(14)18/h1-5H,(H2,14,18)(H,16,17). The summed E-state index contributed by atoms with van der Waals surface area (Å²) >= 11 is 10.6.